The summed E-state index contributed by atoms with van der Waals surface area (Å²) in [4.78, 5) is 25.9. The van der Waals surface area contributed by atoms with Crippen molar-refractivity contribution in [2.75, 3.05) is 0 Å². The lowest BCUT2D eigenvalue weighted by Gasteiger charge is -2.57. The monoisotopic (exact) mass is 331 g/mol. The van der Waals surface area contributed by atoms with Gasteiger partial charge in [0.2, 0.25) is 0 Å². The van der Waals surface area contributed by atoms with Gasteiger partial charge in [-0.2, -0.15) is 0 Å². The Balaban J connectivity index is 1.45. The van der Waals surface area contributed by atoms with Gasteiger partial charge in [0, 0.05) is 11.0 Å². The maximum Gasteiger partial charge on any atom is 0.313 e. The van der Waals surface area contributed by atoms with Crippen LogP contribution in [0.15, 0.2) is 0 Å². The van der Waals surface area contributed by atoms with Crippen molar-refractivity contribution < 1.29 is 14.3 Å². The standard InChI is InChI=1S/C20H29NO3/c1-17(2)18(3)4-5-20(17,24-16(18)23)15(22)21-19-9-12-6-13(10-19)8-14(7-12)11-19/h12-14H,4-11H2,1-3H3,(H,21,22). The molecule has 24 heavy (non-hydrogen) atoms. The molecular weight excluding hydrogens is 302 g/mol. The summed E-state index contributed by atoms with van der Waals surface area (Å²) in [6, 6.07) is 0. The number of fused-ring (bicyclic) bond motifs is 2. The zero-order valence-corrected chi connectivity index (χ0v) is 15.1. The van der Waals surface area contributed by atoms with Crippen LogP contribution in [0.5, 0.6) is 0 Å². The van der Waals surface area contributed by atoms with Gasteiger partial charge in [0.15, 0.2) is 5.60 Å². The van der Waals surface area contributed by atoms with Crippen LogP contribution in [0.3, 0.4) is 0 Å². The molecule has 2 atom stereocenters. The summed E-state index contributed by atoms with van der Waals surface area (Å²) in [5.41, 5.74) is -1.94. The molecule has 132 valence electrons. The van der Waals surface area contributed by atoms with E-state index in [2.05, 4.69) is 5.32 Å². The first-order chi connectivity index (χ1) is 11.2. The lowest BCUT2D eigenvalue weighted by Crippen LogP contribution is -2.65. The summed E-state index contributed by atoms with van der Waals surface area (Å²) in [6.07, 6.45) is 8.90. The van der Waals surface area contributed by atoms with E-state index in [1.54, 1.807) is 0 Å². The van der Waals surface area contributed by atoms with E-state index in [-0.39, 0.29) is 17.4 Å². The van der Waals surface area contributed by atoms with E-state index in [0.29, 0.717) is 6.42 Å². The van der Waals surface area contributed by atoms with E-state index >= 15 is 0 Å². The highest BCUT2D eigenvalue weighted by Gasteiger charge is 2.76. The van der Waals surface area contributed by atoms with E-state index in [4.69, 9.17) is 4.74 Å². The van der Waals surface area contributed by atoms with Crippen molar-refractivity contribution in [2.45, 2.75) is 83.3 Å². The van der Waals surface area contributed by atoms with Crippen LogP contribution in [0.1, 0.15) is 72.1 Å². The van der Waals surface area contributed by atoms with Crippen LogP contribution in [0.2, 0.25) is 0 Å². The number of carbonyl (C=O) groups excluding carboxylic acids is 2. The van der Waals surface area contributed by atoms with Crippen molar-refractivity contribution in [1.82, 2.24) is 5.32 Å². The predicted molar refractivity (Wildman–Crippen MR) is 89.0 cm³/mol. The Morgan fingerprint density at radius 1 is 1.00 bits per heavy atom. The molecular formula is C20H29NO3. The lowest BCUT2D eigenvalue weighted by molar-refractivity contribution is -0.170. The van der Waals surface area contributed by atoms with E-state index in [9.17, 15) is 9.59 Å². The van der Waals surface area contributed by atoms with Crippen molar-refractivity contribution in [2.24, 2.45) is 28.6 Å². The number of esters is 1. The molecule has 6 bridgehead atoms. The Labute approximate surface area is 144 Å². The number of hydrogen-bond acceptors (Lipinski definition) is 3. The van der Waals surface area contributed by atoms with Crippen LogP contribution in [-0.2, 0) is 14.3 Å². The third-order valence-electron chi connectivity index (χ3n) is 8.87. The Kier molecular flexibility index (Phi) is 2.65. The molecule has 1 heterocycles. The van der Waals surface area contributed by atoms with E-state index < -0.39 is 16.4 Å². The molecule has 5 saturated carbocycles. The van der Waals surface area contributed by atoms with Crippen molar-refractivity contribution in [3.63, 3.8) is 0 Å². The van der Waals surface area contributed by atoms with Crippen molar-refractivity contribution >= 4 is 11.9 Å². The van der Waals surface area contributed by atoms with Crippen LogP contribution >= 0.6 is 0 Å². The van der Waals surface area contributed by atoms with Crippen molar-refractivity contribution in [1.29, 1.82) is 0 Å². The number of carbonyl (C=O) groups is 2. The third-order valence-corrected chi connectivity index (χ3v) is 8.87. The molecule has 1 saturated heterocycles. The number of rotatable bonds is 2. The molecule has 4 nitrogen and oxygen atoms in total. The van der Waals surface area contributed by atoms with E-state index in [1.807, 2.05) is 20.8 Å². The molecule has 0 radical (unpaired) electrons. The van der Waals surface area contributed by atoms with Crippen LogP contribution < -0.4 is 5.32 Å². The minimum absolute atomic E-state index is 0.0102. The largest absolute Gasteiger partial charge is 0.448 e. The van der Waals surface area contributed by atoms with Gasteiger partial charge in [0.1, 0.15) is 0 Å². The fraction of sp³-hybridized carbons (Fsp3) is 0.900. The summed E-state index contributed by atoms with van der Waals surface area (Å²) in [5.74, 6) is 2.19. The molecule has 0 spiro atoms. The Morgan fingerprint density at radius 2 is 1.54 bits per heavy atom. The average Bonchev–Trinajstić information content (AvgIpc) is 2.75. The van der Waals surface area contributed by atoms with Crippen LogP contribution in [-0.4, -0.2) is 23.0 Å². The number of amides is 1. The number of ether oxygens (including phenoxy) is 1. The van der Waals surface area contributed by atoms with Gasteiger partial charge in [-0.15, -0.1) is 0 Å². The first-order valence-electron chi connectivity index (χ1n) is 9.76. The molecule has 1 aliphatic heterocycles. The van der Waals surface area contributed by atoms with Crippen LogP contribution in [0, 0.1) is 28.6 Å². The summed E-state index contributed by atoms with van der Waals surface area (Å²) in [6.45, 7) is 6.07. The highest BCUT2D eigenvalue weighted by molar-refractivity contribution is 5.96. The minimum Gasteiger partial charge on any atom is -0.448 e. The zero-order valence-electron chi connectivity index (χ0n) is 15.1. The Bertz CT molecular complexity index is 604. The van der Waals surface area contributed by atoms with Gasteiger partial charge in [0.25, 0.3) is 5.91 Å². The molecule has 4 heteroatoms. The summed E-state index contributed by atoms with van der Waals surface area (Å²) in [5, 5.41) is 3.46. The fourth-order valence-electron chi connectivity index (χ4n) is 7.35. The maximum atomic E-state index is 13.4. The van der Waals surface area contributed by atoms with Gasteiger partial charge < -0.3 is 10.1 Å². The minimum atomic E-state index is -0.956. The van der Waals surface area contributed by atoms with Crippen LogP contribution in [0.4, 0.5) is 0 Å². The molecule has 1 amide bonds. The molecule has 1 N–H and O–H groups in total. The van der Waals surface area contributed by atoms with E-state index in [0.717, 1.165) is 43.4 Å². The van der Waals surface area contributed by atoms with Gasteiger partial charge in [-0.05, 0) is 76.0 Å². The molecule has 0 aromatic carbocycles. The summed E-state index contributed by atoms with van der Waals surface area (Å²) < 4.78 is 5.79. The number of hydrogen-bond donors (Lipinski definition) is 1. The second-order valence-electron chi connectivity index (χ2n) is 10.3. The summed E-state index contributed by atoms with van der Waals surface area (Å²) in [7, 11) is 0. The van der Waals surface area contributed by atoms with Gasteiger partial charge >= 0.3 is 5.97 Å². The second kappa shape index (κ2) is 4.19. The molecule has 0 aromatic heterocycles. The molecule has 5 aliphatic carbocycles. The van der Waals surface area contributed by atoms with Gasteiger partial charge in [-0.1, -0.05) is 13.8 Å². The highest BCUT2D eigenvalue weighted by atomic mass is 16.6. The van der Waals surface area contributed by atoms with Crippen molar-refractivity contribution in [3.8, 4) is 0 Å². The van der Waals surface area contributed by atoms with Gasteiger partial charge in [-0.3, -0.25) is 9.59 Å². The first-order valence-corrected chi connectivity index (χ1v) is 9.76. The lowest BCUT2D eigenvalue weighted by atomic mass is 9.53. The topological polar surface area (TPSA) is 55.4 Å². The average molecular weight is 331 g/mol. The second-order valence-corrected chi connectivity index (χ2v) is 10.3. The van der Waals surface area contributed by atoms with Crippen molar-refractivity contribution in [3.05, 3.63) is 0 Å². The molecule has 2 unspecified atom stereocenters. The normalized spacial score (nSPS) is 53.3. The fourth-order valence-corrected chi connectivity index (χ4v) is 7.35. The van der Waals surface area contributed by atoms with E-state index in [1.165, 1.54) is 19.3 Å². The van der Waals surface area contributed by atoms with Gasteiger partial charge in [-0.25, -0.2) is 0 Å². The third kappa shape index (κ3) is 1.56. The van der Waals surface area contributed by atoms with Crippen LogP contribution in [0.25, 0.3) is 0 Å². The maximum absolute atomic E-state index is 13.4. The Morgan fingerprint density at radius 3 is 1.96 bits per heavy atom. The smallest absolute Gasteiger partial charge is 0.313 e. The summed E-state index contributed by atoms with van der Waals surface area (Å²) >= 11 is 0. The quantitative estimate of drug-likeness (QED) is 0.791. The molecule has 0 aromatic rings. The Hall–Kier alpha value is -1.06. The number of nitrogens with one attached hydrogen (secondary N) is 1. The predicted octanol–water partition coefficient (Wildman–Crippen LogP) is 3.19. The zero-order chi connectivity index (χ0) is 17.0. The first kappa shape index (κ1) is 15.2. The molecule has 6 rings (SSSR count). The molecule has 6 aliphatic rings. The molecule has 6 fully saturated rings. The highest BCUT2D eigenvalue weighted by Crippen LogP contribution is 2.66. The van der Waals surface area contributed by atoms with Gasteiger partial charge in [0.05, 0.1) is 5.41 Å². The SMILES string of the molecule is CC12CCC(C(=O)NC34CC5CC(CC(C5)C3)C4)(OC1=O)C2(C)C.